The Hall–Kier alpha value is -1.89. The molecule has 28 heavy (non-hydrogen) atoms. The number of nitrogens with zero attached hydrogens (tertiary/aromatic N) is 5. The lowest BCUT2D eigenvalue weighted by Crippen LogP contribution is -2.64. The topological polar surface area (TPSA) is 48.1 Å². The van der Waals surface area contributed by atoms with Crippen molar-refractivity contribution in [1.29, 1.82) is 0 Å². The van der Waals surface area contributed by atoms with E-state index in [1.54, 1.807) is 4.68 Å². The van der Waals surface area contributed by atoms with E-state index in [1.165, 1.54) is 5.56 Å². The third-order valence-electron chi connectivity index (χ3n) is 6.46. The van der Waals surface area contributed by atoms with E-state index in [-0.39, 0.29) is 5.54 Å². The zero-order valence-electron chi connectivity index (χ0n) is 16.6. The van der Waals surface area contributed by atoms with Crippen LogP contribution in [0.3, 0.4) is 0 Å². The van der Waals surface area contributed by atoms with Crippen molar-refractivity contribution in [2.45, 2.75) is 44.2 Å². The van der Waals surface area contributed by atoms with E-state index in [1.807, 2.05) is 30.3 Å². The van der Waals surface area contributed by atoms with Gasteiger partial charge in [0.2, 0.25) is 0 Å². The fourth-order valence-corrected chi connectivity index (χ4v) is 5.24. The molecule has 7 heteroatoms. The Kier molecular flexibility index (Phi) is 4.27. The van der Waals surface area contributed by atoms with Crippen molar-refractivity contribution in [2.24, 2.45) is 7.05 Å². The minimum atomic E-state index is 0.205. The summed E-state index contributed by atoms with van der Waals surface area (Å²) in [6.45, 7) is 7.43. The molecule has 0 spiro atoms. The van der Waals surface area contributed by atoms with Gasteiger partial charge in [-0.05, 0) is 56.8 Å². The Morgan fingerprint density at radius 1 is 1.21 bits per heavy atom. The molecule has 6 nitrogen and oxygen atoms in total. The summed E-state index contributed by atoms with van der Waals surface area (Å²) in [5.74, 6) is 0.463. The molecule has 0 radical (unpaired) electrons. The second kappa shape index (κ2) is 6.58. The molecule has 0 amide bonds. The monoisotopic (exact) mass is 399 g/mol. The molecular weight excluding hydrogens is 374 g/mol. The van der Waals surface area contributed by atoms with Gasteiger partial charge in [-0.3, -0.25) is 9.58 Å². The fraction of sp³-hybridized carbons (Fsp3) is 0.524. The van der Waals surface area contributed by atoms with Crippen LogP contribution in [0.1, 0.15) is 38.2 Å². The second-order valence-corrected chi connectivity index (χ2v) is 9.02. The van der Waals surface area contributed by atoms with Gasteiger partial charge in [-0.1, -0.05) is 11.6 Å². The van der Waals surface area contributed by atoms with E-state index in [9.17, 15) is 0 Å². The highest BCUT2D eigenvalue weighted by Gasteiger charge is 2.44. The van der Waals surface area contributed by atoms with Gasteiger partial charge < -0.3 is 4.74 Å². The lowest BCUT2D eigenvalue weighted by atomic mass is 9.82. The number of hydrogen-bond acceptors (Lipinski definition) is 4. The van der Waals surface area contributed by atoms with Gasteiger partial charge in [-0.15, -0.1) is 0 Å². The third kappa shape index (κ3) is 2.86. The van der Waals surface area contributed by atoms with Crippen LogP contribution in [0.2, 0.25) is 5.02 Å². The molecule has 148 valence electrons. The Morgan fingerprint density at radius 2 is 2.04 bits per heavy atom. The zero-order valence-corrected chi connectivity index (χ0v) is 17.4. The van der Waals surface area contributed by atoms with Gasteiger partial charge in [0.1, 0.15) is 5.69 Å². The number of ether oxygens (including phenoxy) is 1. The molecule has 0 unspecified atom stereocenters. The third-order valence-corrected chi connectivity index (χ3v) is 6.79. The first-order valence-corrected chi connectivity index (χ1v) is 10.3. The molecule has 2 aliphatic heterocycles. The quantitative estimate of drug-likeness (QED) is 0.672. The van der Waals surface area contributed by atoms with Crippen LogP contribution in [0.5, 0.6) is 0 Å². The van der Waals surface area contributed by atoms with Crippen molar-refractivity contribution in [3.05, 3.63) is 41.3 Å². The lowest BCUT2D eigenvalue weighted by molar-refractivity contribution is -0.149. The number of likely N-dealkylation sites (tertiary alicyclic amines) is 1. The van der Waals surface area contributed by atoms with Crippen LogP contribution in [0.25, 0.3) is 16.6 Å². The number of halogens is 1. The summed E-state index contributed by atoms with van der Waals surface area (Å²) in [5.41, 5.74) is 3.49. The Labute approximate surface area is 170 Å². The first-order valence-electron chi connectivity index (χ1n) is 9.95. The average molecular weight is 400 g/mol. The smallest absolute Gasteiger partial charge is 0.103 e. The maximum atomic E-state index is 6.72. The highest BCUT2D eigenvalue weighted by atomic mass is 35.5. The number of piperidine rings is 1. The van der Waals surface area contributed by atoms with E-state index >= 15 is 0 Å². The van der Waals surface area contributed by atoms with Crippen molar-refractivity contribution in [3.63, 3.8) is 0 Å². The maximum Gasteiger partial charge on any atom is 0.103 e. The Balaban J connectivity index is 1.46. The molecule has 5 rings (SSSR count). The van der Waals surface area contributed by atoms with Crippen molar-refractivity contribution in [1.82, 2.24) is 24.5 Å². The summed E-state index contributed by atoms with van der Waals surface area (Å²) in [7, 11) is 1.92. The second-order valence-electron chi connectivity index (χ2n) is 8.61. The summed E-state index contributed by atoms with van der Waals surface area (Å²) >= 11 is 6.72. The molecule has 0 saturated carbocycles. The van der Waals surface area contributed by atoms with Crippen LogP contribution in [-0.4, -0.2) is 55.8 Å². The standard InChI is InChI=1S/C21H26ClN5O/c1-14-6-15(4-5-26(14)21(2)12-28-13-21)18-8-20-16(7-19(18)22)9-24-27(20)17-10-23-25(3)11-17/h7-11,14-15H,4-6,12-13H2,1-3H3/t14-,15+/m1/s1. The van der Waals surface area contributed by atoms with E-state index in [4.69, 9.17) is 16.3 Å². The molecule has 2 aromatic heterocycles. The van der Waals surface area contributed by atoms with Crippen LogP contribution in [0.4, 0.5) is 0 Å². The normalized spacial score (nSPS) is 25.1. The van der Waals surface area contributed by atoms with Crippen molar-refractivity contribution in [3.8, 4) is 5.69 Å². The fourth-order valence-electron chi connectivity index (χ4n) is 4.92. The number of fused-ring (bicyclic) bond motifs is 1. The van der Waals surface area contributed by atoms with Gasteiger partial charge >= 0.3 is 0 Å². The molecule has 2 atom stereocenters. The molecule has 2 saturated heterocycles. The molecule has 0 N–H and O–H groups in total. The van der Waals surface area contributed by atoms with Gasteiger partial charge in [0.25, 0.3) is 0 Å². The molecule has 0 aliphatic carbocycles. The summed E-state index contributed by atoms with van der Waals surface area (Å²) in [4.78, 5) is 2.62. The largest absolute Gasteiger partial charge is 0.377 e. The van der Waals surface area contributed by atoms with Crippen molar-refractivity contribution >= 4 is 22.5 Å². The number of aryl methyl sites for hydroxylation is 1. The van der Waals surface area contributed by atoms with E-state index in [0.717, 1.165) is 54.2 Å². The van der Waals surface area contributed by atoms with E-state index in [0.29, 0.717) is 12.0 Å². The summed E-state index contributed by atoms with van der Waals surface area (Å²) in [5, 5.41) is 10.8. The zero-order chi connectivity index (χ0) is 19.5. The van der Waals surface area contributed by atoms with Gasteiger partial charge in [0.05, 0.1) is 42.9 Å². The van der Waals surface area contributed by atoms with Crippen LogP contribution in [0.15, 0.2) is 30.7 Å². The highest BCUT2D eigenvalue weighted by Crippen LogP contribution is 2.40. The summed E-state index contributed by atoms with van der Waals surface area (Å²) in [6.07, 6.45) is 7.92. The van der Waals surface area contributed by atoms with Gasteiger partial charge in [-0.2, -0.15) is 10.2 Å². The molecule has 2 fully saturated rings. The number of hydrogen-bond donors (Lipinski definition) is 0. The summed E-state index contributed by atoms with van der Waals surface area (Å²) in [6, 6.07) is 4.81. The minimum Gasteiger partial charge on any atom is -0.377 e. The number of benzene rings is 1. The van der Waals surface area contributed by atoms with Crippen molar-refractivity contribution in [2.75, 3.05) is 19.8 Å². The van der Waals surface area contributed by atoms with Gasteiger partial charge in [0, 0.05) is 23.5 Å². The van der Waals surface area contributed by atoms with Crippen LogP contribution in [-0.2, 0) is 11.8 Å². The Morgan fingerprint density at radius 3 is 2.68 bits per heavy atom. The molecule has 2 aliphatic rings. The number of rotatable bonds is 3. The minimum absolute atomic E-state index is 0.205. The Bertz CT molecular complexity index is 1020. The molecule has 3 aromatic rings. The molecule has 4 heterocycles. The molecule has 0 bridgehead atoms. The van der Waals surface area contributed by atoms with Crippen LogP contribution >= 0.6 is 11.6 Å². The van der Waals surface area contributed by atoms with E-state index < -0.39 is 0 Å². The predicted octanol–water partition coefficient (Wildman–Crippen LogP) is 3.77. The van der Waals surface area contributed by atoms with Gasteiger partial charge in [0.15, 0.2) is 0 Å². The highest BCUT2D eigenvalue weighted by molar-refractivity contribution is 6.32. The van der Waals surface area contributed by atoms with Crippen LogP contribution < -0.4 is 0 Å². The number of aromatic nitrogens is 4. The molecule has 1 aromatic carbocycles. The SMILES string of the molecule is C[C@@H]1C[C@@H](c2cc3c(cnn3-c3cnn(C)c3)cc2Cl)CCN1C1(C)COC1. The predicted molar refractivity (Wildman–Crippen MR) is 110 cm³/mol. The average Bonchev–Trinajstić information content (AvgIpc) is 3.24. The van der Waals surface area contributed by atoms with Crippen LogP contribution in [0, 0.1) is 0 Å². The van der Waals surface area contributed by atoms with Crippen molar-refractivity contribution < 1.29 is 4.74 Å². The molecular formula is C21H26ClN5O. The maximum absolute atomic E-state index is 6.72. The first kappa shape index (κ1) is 18.2. The van der Waals surface area contributed by atoms with E-state index in [2.05, 4.69) is 41.1 Å². The summed E-state index contributed by atoms with van der Waals surface area (Å²) < 4.78 is 9.23. The first-order chi connectivity index (χ1) is 13.4. The lowest BCUT2D eigenvalue weighted by Gasteiger charge is -2.53. The van der Waals surface area contributed by atoms with Gasteiger partial charge in [-0.25, -0.2) is 4.68 Å².